The number of aromatic hydroxyl groups is 2. The summed E-state index contributed by atoms with van der Waals surface area (Å²) in [5, 5.41) is 21.0. The maximum atomic E-state index is 10.4. The number of hydrogen-bond acceptors (Lipinski definition) is 2. The highest BCUT2D eigenvalue weighted by molar-refractivity contribution is 9.09. The lowest BCUT2D eigenvalue weighted by Gasteiger charge is -2.34. The molecule has 2 aromatic rings. The first-order valence-corrected chi connectivity index (χ1v) is 10.9. The smallest absolute Gasteiger partial charge is 0.119 e. The first-order chi connectivity index (χ1) is 12.6. The molecule has 0 saturated heterocycles. The molecule has 0 radical (unpaired) electrons. The minimum atomic E-state index is 0.331. The van der Waals surface area contributed by atoms with E-state index in [0.29, 0.717) is 23.3 Å². The molecule has 0 heterocycles. The lowest BCUT2D eigenvalue weighted by atomic mass is 9.70. The number of benzene rings is 2. The predicted octanol–water partition coefficient (Wildman–Crippen LogP) is 6.11. The maximum absolute atomic E-state index is 10.4. The van der Waals surface area contributed by atoms with Crippen molar-refractivity contribution in [3.05, 3.63) is 58.7 Å². The first-order valence-electron chi connectivity index (χ1n) is 9.81. The highest BCUT2D eigenvalue weighted by Gasteiger charge is 2.30. The molecule has 0 saturated carbocycles. The summed E-state index contributed by atoms with van der Waals surface area (Å²) in [7, 11) is 0. The van der Waals surface area contributed by atoms with E-state index in [2.05, 4.69) is 41.1 Å². The van der Waals surface area contributed by atoms with Crippen LogP contribution in [0.25, 0.3) is 0 Å². The molecule has 1 aliphatic carbocycles. The molecule has 2 aromatic carbocycles. The standard InChI is InChI=1S/C23H29BrO2/c1-2-3-5-17-12-20-15-23(26)18(6-4-11-24)13-19(20)14-22(17)16-7-9-21(25)10-8-16/h7-10,13,15,17,22,25-26H,2-6,11-12,14H2,1H3/t17-,22-/m0/s1. The van der Waals surface area contributed by atoms with Crippen molar-refractivity contribution in [2.45, 2.75) is 57.8 Å². The van der Waals surface area contributed by atoms with Crippen LogP contribution in [0.4, 0.5) is 0 Å². The van der Waals surface area contributed by atoms with Gasteiger partial charge < -0.3 is 10.2 Å². The van der Waals surface area contributed by atoms with E-state index in [0.717, 1.165) is 36.6 Å². The van der Waals surface area contributed by atoms with Gasteiger partial charge in [0.05, 0.1) is 0 Å². The van der Waals surface area contributed by atoms with E-state index in [1.807, 2.05) is 6.07 Å². The number of unbranched alkanes of at least 4 members (excludes halogenated alkanes) is 1. The zero-order chi connectivity index (χ0) is 18.5. The SMILES string of the molecule is CCCC[C@H]1Cc2cc(O)c(CCCBr)cc2C[C@H]1c1ccc(O)cc1. The van der Waals surface area contributed by atoms with Gasteiger partial charge in [0.15, 0.2) is 0 Å². The third kappa shape index (κ3) is 4.43. The van der Waals surface area contributed by atoms with Gasteiger partial charge in [-0.2, -0.15) is 0 Å². The van der Waals surface area contributed by atoms with Crippen LogP contribution in [0.1, 0.15) is 60.8 Å². The van der Waals surface area contributed by atoms with E-state index in [-0.39, 0.29) is 0 Å². The summed E-state index contributed by atoms with van der Waals surface area (Å²) in [6, 6.07) is 12.0. The fourth-order valence-electron chi connectivity index (χ4n) is 4.27. The van der Waals surface area contributed by atoms with Gasteiger partial charge in [-0.1, -0.05) is 53.9 Å². The molecule has 140 valence electrons. The summed E-state index contributed by atoms with van der Waals surface area (Å²) < 4.78 is 0. The van der Waals surface area contributed by atoms with E-state index >= 15 is 0 Å². The van der Waals surface area contributed by atoms with Crippen LogP contribution in [0.3, 0.4) is 0 Å². The van der Waals surface area contributed by atoms with Crippen molar-refractivity contribution >= 4 is 15.9 Å². The zero-order valence-electron chi connectivity index (χ0n) is 15.5. The van der Waals surface area contributed by atoms with Crippen molar-refractivity contribution in [2.24, 2.45) is 5.92 Å². The van der Waals surface area contributed by atoms with Crippen molar-refractivity contribution < 1.29 is 10.2 Å². The largest absolute Gasteiger partial charge is 0.508 e. The van der Waals surface area contributed by atoms with Gasteiger partial charge in [-0.15, -0.1) is 0 Å². The van der Waals surface area contributed by atoms with Crippen molar-refractivity contribution in [1.29, 1.82) is 0 Å². The molecule has 2 nitrogen and oxygen atoms in total. The Kier molecular flexibility index (Phi) is 6.63. The molecule has 0 amide bonds. The monoisotopic (exact) mass is 416 g/mol. The number of halogens is 1. The van der Waals surface area contributed by atoms with Crippen molar-refractivity contribution in [3.8, 4) is 11.5 Å². The molecule has 2 atom stereocenters. The van der Waals surface area contributed by atoms with Crippen molar-refractivity contribution in [2.75, 3.05) is 5.33 Å². The third-order valence-electron chi connectivity index (χ3n) is 5.72. The number of rotatable bonds is 7. The van der Waals surface area contributed by atoms with E-state index < -0.39 is 0 Å². The van der Waals surface area contributed by atoms with E-state index in [9.17, 15) is 10.2 Å². The minimum absolute atomic E-state index is 0.331. The Morgan fingerprint density at radius 2 is 1.73 bits per heavy atom. The van der Waals surface area contributed by atoms with Crippen LogP contribution in [0.15, 0.2) is 36.4 Å². The molecular formula is C23H29BrO2. The van der Waals surface area contributed by atoms with Crippen molar-refractivity contribution in [3.63, 3.8) is 0 Å². The van der Waals surface area contributed by atoms with Crippen LogP contribution < -0.4 is 0 Å². The molecule has 0 fully saturated rings. The van der Waals surface area contributed by atoms with Crippen LogP contribution in [0, 0.1) is 5.92 Å². The summed E-state index contributed by atoms with van der Waals surface area (Å²) in [5.74, 6) is 1.88. The van der Waals surface area contributed by atoms with Crippen LogP contribution >= 0.6 is 15.9 Å². The molecule has 0 bridgehead atoms. The fourth-order valence-corrected chi connectivity index (χ4v) is 4.55. The number of phenols is 2. The summed E-state index contributed by atoms with van der Waals surface area (Å²) in [4.78, 5) is 0. The Labute approximate surface area is 165 Å². The van der Waals surface area contributed by atoms with Gasteiger partial charge >= 0.3 is 0 Å². The Bertz CT molecular complexity index is 724. The van der Waals surface area contributed by atoms with Crippen LogP contribution in [-0.2, 0) is 19.3 Å². The molecule has 2 N–H and O–H groups in total. The van der Waals surface area contributed by atoms with Gasteiger partial charge in [-0.05, 0) is 84.4 Å². The lowest BCUT2D eigenvalue weighted by Crippen LogP contribution is -2.24. The second-order valence-electron chi connectivity index (χ2n) is 7.55. The Hall–Kier alpha value is -1.48. The molecule has 0 spiro atoms. The van der Waals surface area contributed by atoms with E-state index in [4.69, 9.17) is 0 Å². The normalized spacial score (nSPS) is 19.3. The fraction of sp³-hybridized carbons (Fsp3) is 0.478. The average Bonchev–Trinajstić information content (AvgIpc) is 2.65. The van der Waals surface area contributed by atoms with Crippen molar-refractivity contribution in [1.82, 2.24) is 0 Å². The van der Waals surface area contributed by atoms with Gasteiger partial charge in [0.25, 0.3) is 0 Å². The van der Waals surface area contributed by atoms with Crippen LogP contribution in [0.2, 0.25) is 0 Å². The molecule has 0 aromatic heterocycles. The molecule has 3 heteroatoms. The van der Waals surface area contributed by atoms with Gasteiger partial charge in [-0.25, -0.2) is 0 Å². The topological polar surface area (TPSA) is 40.5 Å². The predicted molar refractivity (Wildman–Crippen MR) is 111 cm³/mol. The lowest BCUT2D eigenvalue weighted by molar-refractivity contribution is 0.357. The Balaban J connectivity index is 1.91. The number of hydrogen-bond donors (Lipinski definition) is 2. The summed E-state index contributed by atoms with van der Waals surface area (Å²) >= 11 is 3.48. The number of fused-ring (bicyclic) bond motifs is 1. The quantitative estimate of drug-likeness (QED) is 0.534. The average molecular weight is 417 g/mol. The molecule has 0 aliphatic heterocycles. The molecular weight excluding hydrogens is 388 g/mol. The van der Waals surface area contributed by atoms with Gasteiger partial charge in [-0.3, -0.25) is 0 Å². The van der Waals surface area contributed by atoms with Crippen LogP contribution in [-0.4, -0.2) is 15.5 Å². The molecule has 26 heavy (non-hydrogen) atoms. The molecule has 1 aliphatic rings. The highest BCUT2D eigenvalue weighted by atomic mass is 79.9. The summed E-state index contributed by atoms with van der Waals surface area (Å²) in [6.45, 7) is 2.24. The maximum Gasteiger partial charge on any atom is 0.119 e. The zero-order valence-corrected chi connectivity index (χ0v) is 17.1. The molecule has 0 unspecified atom stereocenters. The Morgan fingerprint density at radius 3 is 2.42 bits per heavy atom. The van der Waals surface area contributed by atoms with E-state index in [1.165, 1.54) is 36.0 Å². The number of aryl methyl sites for hydroxylation is 1. The second-order valence-corrected chi connectivity index (χ2v) is 8.34. The highest BCUT2D eigenvalue weighted by Crippen LogP contribution is 2.41. The van der Waals surface area contributed by atoms with Gasteiger partial charge in [0, 0.05) is 5.33 Å². The van der Waals surface area contributed by atoms with Gasteiger partial charge in [0.1, 0.15) is 11.5 Å². The minimum Gasteiger partial charge on any atom is -0.508 e. The molecule has 3 rings (SSSR count). The number of phenolic OH excluding ortho intramolecular Hbond substituents is 2. The summed E-state index contributed by atoms with van der Waals surface area (Å²) in [6.07, 6.45) is 7.67. The van der Waals surface area contributed by atoms with Gasteiger partial charge in [0.2, 0.25) is 0 Å². The Morgan fingerprint density at radius 1 is 1.00 bits per heavy atom. The summed E-state index contributed by atoms with van der Waals surface area (Å²) in [5.41, 5.74) is 5.10. The third-order valence-corrected chi connectivity index (χ3v) is 6.28. The number of alkyl halides is 1. The van der Waals surface area contributed by atoms with Crippen LogP contribution in [0.5, 0.6) is 11.5 Å². The first kappa shape index (κ1) is 19.3. The second kappa shape index (κ2) is 8.94. The van der Waals surface area contributed by atoms with E-state index in [1.54, 1.807) is 12.1 Å².